The molecule has 2 aliphatic rings. The van der Waals surface area contributed by atoms with Crippen LogP contribution < -0.4 is 10.6 Å². The number of aliphatic hydroxyl groups is 1. The Kier molecular flexibility index (Phi) is 8.23. The number of Topliss-reactive ketones (excluding diaryl/α,β-unsaturated/α-hetero) is 1. The zero-order valence-corrected chi connectivity index (χ0v) is 22.2. The molecular formula is C25H28FIN4O5. The van der Waals surface area contributed by atoms with E-state index in [0.29, 0.717) is 69.2 Å². The first-order chi connectivity index (χ1) is 17.2. The molecule has 1 atom stereocenters. The van der Waals surface area contributed by atoms with E-state index in [9.17, 15) is 23.9 Å². The van der Waals surface area contributed by atoms with Gasteiger partial charge in [0.1, 0.15) is 5.82 Å². The number of carbonyl (C=O) groups excluding carboxylic acids is 3. The number of halogens is 2. The molecular weight excluding hydrogens is 582 g/mol. The molecule has 1 unspecified atom stereocenters. The highest BCUT2D eigenvalue weighted by atomic mass is 127. The van der Waals surface area contributed by atoms with Crippen molar-refractivity contribution >= 4 is 57.5 Å². The van der Waals surface area contributed by atoms with Gasteiger partial charge >= 0.3 is 0 Å². The average molecular weight is 610 g/mol. The van der Waals surface area contributed by atoms with Crippen molar-refractivity contribution in [2.45, 2.75) is 26.4 Å². The van der Waals surface area contributed by atoms with Gasteiger partial charge in [0.15, 0.2) is 5.78 Å². The highest BCUT2D eigenvalue weighted by Crippen LogP contribution is 2.38. The number of aliphatic hydroxyl groups excluding tert-OH is 1. The van der Waals surface area contributed by atoms with Crippen LogP contribution >= 0.6 is 22.6 Å². The fourth-order valence-corrected chi connectivity index (χ4v) is 5.26. The molecule has 2 aliphatic heterocycles. The van der Waals surface area contributed by atoms with E-state index >= 15 is 0 Å². The SMILES string of the molecule is Cc1[nH]c(/C=C2\C(=O)Nc3ccc(F)c(I)c32)c(C)c1C(=O)CNCC(O)CC(=O)N1CCOCC1. The lowest BCUT2D eigenvalue weighted by atomic mass is 10.0. The van der Waals surface area contributed by atoms with Crippen LogP contribution in [0.5, 0.6) is 0 Å². The van der Waals surface area contributed by atoms with Gasteiger partial charge in [0.05, 0.1) is 47.1 Å². The molecule has 2 aromatic rings. The van der Waals surface area contributed by atoms with Crippen molar-refractivity contribution in [1.82, 2.24) is 15.2 Å². The third-order valence-corrected chi connectivity index (χ3v) is 7.39. The van der Waals surface area contributed by atoms with Crippen LogP contribution in [0.4, 0.5) is 10.1 Å². The molecule has 9 nitrogen and oxygen atoms in total. The van der Waals surface area contributed by atoms with Crippen LogP contribution in [-0.4, -0.2) is 78.1 Å². The van der Waals surface area contributed by atoms with Gasteiger partial charge in [0.2, 0.25) is 5.91 Å². The predicted molar refractivity (Wildman–Crippen MR) is 141 cm³/mol. The number of carbonyl (C=O) groups is 3. The summed E-state index contributed by atoms with van der Waals surface area (Å²) in [6.45, 7) is 5.65. The standard InChI is InChI=1S/C25H28FIN4O5/c1-13-19(10-16-23-18(30-25(16)35)4-3-17(26)24(23)27)29-14(2)22(13)20(33)12-28-11-15(32)9-21(34)31-5-7-36-8-6-31/h3-4,10,15,28-29,32H,5-9,11-12H2,1-2H3,(H,30,35)/b16-10-. The number of hydrogen-bond acceptors (Lipinski definition) is 6. The van der Waals surface area contributed by atoms with E-state index in [1.807, 2.05) is 22.6 Å². The Bertz CT molecular complexity index is 1240. The molecule has 4 N–H and O–H groups in total. The molecule has 11 heteroatoms. The summed E-state index contributed by atoms with van der Waals surface area (Å²) in [7, 11) is 0. The molecule has 0 saturated carbocycles. The van der Waals surface area contributed by atoms with Crippen LogP contribution in [0, 0.1) is 23.2 Å². The minimum atomic E-state index is -0.911. The maximum atomic E-state index is 14.1. The third-order valence-electron chi connectivity index (χ3n) is 6.34. The number of fused-ring (bicyclic) bond motifs is 1. The van der Waals surface area contributed by atoms with Crippen molar-refractivity contribution in [1.29, 1.82) is 0 Å². The van der Waals surface area contributed by atoms with Crippen molar-refractivity contribution in [2.75, 3.05) is 44.7 Å². The lowest BCUT2D eigenvalue weighted by Gasteiger charge is -2.27. The highest BCUT2D eigenvalue weighted by Gasteiger charge is 2.29. The van der Waals surface area contributed by atoms with Crippen LogP contribution in [0.15, 0.2) is 12.1 Å². The molecule has 4 rings (SSSR count). The molecule has 1 aromatic carbocycles. The Morgan fingerprint density at radius 1 is 1.31 bits per heavy atom. The fraction of sp³-hybridized carbons (Fsp3) is 0.400. The normalized spacial score (nSPS) is 17.3. The Balaban J connectivity index is 1.41. The van der Waals surface area contributed by atoms with E-state index in [-0.39, 0.29) is 37.1 Å². The maximum absolute atomic E-state index is 14.1. The molecule has 0 radical (unpaired) electrons. The fourth-order valence-electron chi connectivity index (χ4n) is 4.50. The average Bonchev–Trinajstić information content (AvgIpc) is 3.31. The first kappa shape index (κ1) is 26.5. The number of nitrogens with one attached hydrogen (secondary N) is 3. The van der Waals surface area contributed by atoms with E-state index in [4.69, 9.17) is 4.74 Å². The van der Waals surface area contributed by atoms with Gasteiger partial charge in [-0.3, -0.25) is 14.4 Å². The lowest BCUT2D eigenvalue weighted by Crippen LogP contribution is -2.43. The number of benzene rings is 1. The number of ether oxygens (including phenoxy) is 1. The van der Waals surface area contributed by atoms with Crippen LogP contribution in [0.3, 0.4) is 0 Å². The van der Waals surface area contributed by atoms with Crippen molar-refractivity contribution in [3.05, 3.63) is 49.6 Å². The summed E-state index contributed by atoms with van der Waals surface area (Å²) in [4.78, 5) is 42.6. The van der Waals surface area contributed by atoms with Gasteiger partial charge < -0.3 is 30.4 Å². The first-order valence-corrected chi connectivity index (χ1v) is 12.7. The van der Waals surface area contributed by atoms with Crippen LogP contribution in [0.2, 0.25) is 0 Å². The Labute approximate surface area is 221 Å². The van der Waals surface area contributed by atoms with Crippen LogP contribution in [-0.2, 0) is 14.3 Å². The second-order valence-corrected chi connectivity index (χ2v) is 9.94. The van der Waals surface area contributed by atoms with E-state index < -0.39 is 11.9 Å². The quantitative estimate of drug-likeness (QED) is 0.207. The number of ketones is 1. The van der Waals surface area contributed by atoms with Crippen molar-refractivity contribution in [3.63, 3.8) is 0 Å². The smallest absolute Gasteiger partial charge is 0.256 e. The molecule has 1 saturated heterocycles. The van der Waals surface area contributed by atoms with Crippen molar-refractivity contribution in [2.24, 2.45) is 0 Å². The Morgan fingerprint density at radius 3 is 2.75 bits per heavy atom. The van der Waals surface area contributed by atoms with Gasteiger partial charge in [-0.05, 0) is 60.2 Å². The maximum Gasteiger partial charge on any atom is 0.256 e. The molecule has 0 spiro atoms. The number of rotatable bonds is 8. The summed E-state index contributed by atoms with van der Waals surface area (Å²) in [6.07, 6.45) is 0.700. The van der Waals surface area contributed by atoms with Crippen LogP contribution in [0.25, 0.3) is 11.6 Å². The number of anilines is 1. The highest BCUT2D eigenvalue weighted by molar-refractivity contribution is 14.1. The zero-order valence-electron chi connectivity index (χ0n) is 20.0. The van der Waals surface area contributed by atoms with Crippen molar-refractivity contribution < 1.29 is 28.6 Å². The molecule has 0 aliphatic carbocycles. The second-order valence-electron chi connectivity index (χ2n) is 8.86. The number of amides is 2. The van der Waals surface area contributed by atoms with E-state index in [0.717, 1.165) is 0 Å². The Morgan fingerprint density at radius 2 is 2.03 bits per heavy atom. The molecule has 192 valence electrons. The summed E-state index contributed by atoms with van der Waals surface area (Å²) in [5.74, 6) is -1.07. The zero-order chi connectivity index (χ0) is 26.0. The summed E-state index contributed by atoms with van der Waals surface area (Å²) in [5, 5.41) is 15.9. The predicted octanol–water partition coefficient (Wildman–Crippen LogP) is 2.25. The van der Waals surface area contributed by atoms with Crippen LogP contribution in [0.1, 0.15) is 39.3 Å². The van der Waals surface area contributed by atoms with E-state index in [1.54, 1.807) is 24.8 Å². The molecule has 36 heavy (non-hydrogen) atoms. The summed E-state index contributed by atoms with van der Waals surface area (Å²) in [5.41, 5.74) is 3.75. The van der Waals surface area contributed by atoms with Gasteiger partial charge in [0.25, 0.3) is 5.91 Å². The number of H-pyrrole nitrogens is 1. The molecule has 3 heterocycles. The number of hydrogen-bond donors (Lipinski definition) is 4. The first-order valence-electron chi connectivity index (χ1n) is 11.7. The topological polar surface area (TPSA) is 124 Å². The number of aromatic nitrogens is 1. The molecule has 1 fully saturated rings. The van der Waals surface area contributed by atoms with Gasteiger partial charge in [-0.2, -0.15) is 0 Å². The number of morpholine rings is 1. The monoisotopic (exact) mass is 610 g/mol. The summed E-state index contributed by atoms with van der Waals surface area (Å²) >= 11 is 1.88. The minimum Gasteiger partial charge on any atom is -0.391 e. The molecule has 2 amide bonds. The van der Waals surface area contributed by atoms with E-state index in [2.05, 4.69) is 15.6 Å². The molecule has 1 aromatic heterocycles. The van der Waals surface area contributed by atoms with Gasteiger partial charge in [-0.25, -0.2) is 4.39 Å². The van der Waals surface area contributed by atoms with Gasteiger partial charge in [0, 0.05) is 42.1 Å². The van der Waals surface area contributed by atoms with Gasteiger partial charge in [-0.15, -0.1) is 0 Å². The number of aryl methyl sites for hydroxylation is 1. The number of nitrogens with zero attached hydrogens (tertiary/aromatic N) is 1. The van der Waals surface area contributed by atoms with E-state index in [1.165, 1.54) is 12.1 Å². The second kappa shape index (κ2) is 11.2. The van der Waals surface area contributed by atoms with Crippen molar-refractivity contribution in [3.8, 4) is 0 Å². The Hall–Kier alpha value is -2.61. The summed E-state index contributed by atoms with van der Waals surface area (Å²) in [6, 6.07) is 2.84. The number of aromatic amines is 1. The van der Waals surface area contributed by atoms with Gasteiger partial charge in [-0.1, -0.05) is 0 Å². The summed E-state index contributed by atoms with van der Waals surface area (Å²) < 4.78 is 19.7. The largest absolute Gasteiger partial charge is 0.391 e. The minimum absolute atomic E-state index is 0.0230. The third kappa shape index (κ3) is 5.53. The molecule has 0 bridgehead atoms. The lowest BCUT2D eigenvalue weighted by molar-refractivity contribution is -0.137.